The molecule has 2 aliphatic rings. The number of rotatable bonds is 4. The Morgan fingerprint density at radius 3 is 2.58 bits per heavy atom. The van der Waals surface area contributed by atoms with Crippen molar-refractivity contribution < 1.29 is 17.9 Å². The Balaban J connectivity index is 1.68. The van der Waals surface area contributed by atoms with Crippen molar-refractivity contribution in [2.75, 3.05) is 31.6 Å². The lowest BCUT2D eigenvalue weighted by molar-refractivity contribution is -0.143. The molecule has 144 valence electrons. The Morgan fingerprint density at radius 1 is 1.27 bits per heavy atom. The molecule has 26 heavy (non-hydrogen) atoms. The van der Waals surface area contributed by atoms with Crippen LogP contribution in [0.5, 0.6) is 0 Å². The van der Waals surface area contributed by atoms with E-state index in [9.17, 15) is 13.2 Å². The van der Waals surface area contributed by atoms with Crippen molar-refractivity contribution in [3.8, 4) is 0 Å². The minimum atomic E-state index is -3.01. The van der Waals surface area contributed by atoms with Gasteiger partial charge < -0.3 is 9.64 Å². The minimum absolute atomic E-state index is 0.0204. The molecular weight excluding hydrogens is 352 g/mol. The fraction of sp³-hybridized carbons (Fsp3) is 0.632. The van der Waals surface area contributed by atoms with E-state index in [2.05, 4.69) is 4.90 Å². The highest BCUT2D eigenvalue weighted by atomic mass is 32.2. The monoisotopic (exact) mass is 380 g/mol. The van der Waals surface area contributed by atoms with Crippen LogP contribution in [0.4, 0.5) is 0 Å². The maximum atomic E-state index is 12.9. The summed E-state index contributed by atoms with van der Waals surface area (Å²) in [4.78, 5) is 16.7. The lowest BCUT2D eigenvalue weighted by Crippen LogP contribution is -2.54. The molecule has 0 aromatic heterocycles. The second-order valence-corrected chi connectivity index (χ2v) is 9.71. The molecule has 4 atom stereocenters. The van der Waals surface area contributed by atoms with Gasteiger partial charge in [0.2, 0.25) is 5.91 Å². The van der Waals surface area contributed by atoms with E-state index in [1.54, 1.807) is 11.9 Å². The molecule has 4 unspecified atom stereocenters. The topological polar surface area (TPSA) is 66.9 Å². The molecule has 1 aromatic carbocycles. The van der Waals surface area contributed by atoms with Crippen molar-refractivity contribution in [1.29, 1.82) is 0 Å². The van der Waals surface area contributed by atoms with E-state index in [1.807, 2.05) is 44.2 Å². The molecule has 3 rings (SSSR count). The molecule has 2 heterocycles. The highest BCUT2D eigenvalue weighted by Gasteiger charge is 2.37. The number of nitrogens with zero attached hydrogens (tertiary/aromatic N) is 2. The first kappa shape index (κ1) is 19.3. The lowest BCUT2D eigenvalue weighted by atomic mass is 10.0. The van der Waals surface area contributed by atoms with Crippen molar-refractivity contribution in [3.63, 3.8) is 0 Å². The fourth-order valence-corrected chi connectivity index (χ4v) is 5.64. The van der Waals surface area contributed by atoms with Crippen LogP contribution >= 0.6 is 0 Å². The van der Waals surface area contributed by atoms with Crippen molar-refractivity contribution in [3.05, 3.63) is 35.9 Å². The first-order valence-electron chi connectivity index (χ1n) is 9.18. The molecule has 6 nitrogen and oxygen atoms in total. The van der Waals surface area contributed by atoms with Gasteiger partial charge in [0, 0.05) is 26.2 Å². The molecule has 0 aliphatic carbocycles. The zero-order valence-corrected chi connectivity index (χ0v) is 16.5. The van der Waals surface area contributed by atoms with E-state index in [0.717, 1.165) is 5.56 Å². The lowest BCUT2D eigenvalue weighted by Gasteiger charge is -2.41. The number of amides is 1. The van der Waals surface area contributed by atoms with Crippen molar-refractivity contribution >= 4 is 15.7 Å². The van der Waals surface area contributed by atoms with Crippen molar-refractivity contribution in [1.82, 2.24) is 9.80 Å². The van der Waals surface area contributed by atoms with Gasteiger partial charge in [-0.25, -0.2) is 8.42 Å². The second-order valence-electron chi connectivity index (χ2n) is 7.48. The summed E-state index contributed by atoms with van der Waals surface area (Å²) in [5.74, 6) is 0.232. The molecule has 1 aromatic rings. The molecule has 0 spiro atoms. The first-order valence-corrected chi connectivity index (χ1v) is 11.0. The molecule has 0 saturated carbocycles. The number of ether oxygens (including phenoxy) is 1. The zero-order chi connectivity index (χ0) is 18.9. The predicted octanol–water partition coefficient (Wildman–Crippen LogP) is 1.48. The summed E-state index contributed by atoms with van der Waals surface area (Å²) in [6, 6.07) is 9.53. The van der Waals surface area contributed by atoms with Gasteiger partial charge in [-0.15, -0.1) is 0 Å². The maximum absolute atomic E-state index is 12.9. The summed E-state index contributed by atoms with van der Waals surface area (Å²) in [5, 5.41) is 0. The fourth-order valence-electron chi connectivity index (χ4n) is 3.86. The average Bonchev–Trinajstić information content (AvgIpc) is 3.00. The van der Waals surface area contributed by atoms with E-state index in [4.69, 9.17) is 4.74 Å². The number of sulfone groups is 1. The Hall–Kier alpha value is -1.44. The van der Waals surface area contributed by atoms with Crippen LogP contribution in [0.25, 0.3) is 0 Å². The Labute approximate surface area is 156 Å². The van der Waals surface area contributed by atoms with Gasteiger partial charge in [-0.1, -0.05) is 30.3 Å². The van der Waals surface area contributed by atoms with Crippen LogP contribution in [-0.2, 0) is 19.4 Å². The summed E-state index contributed by atoms with van der Waals surface area (Å²) in [5.41, 5.74) is 1.11. The van der Waals surface area contributed by atoms with Crippen LogP contribution in [0.3, 0.4) is 0 Å². The zero-order valence-electron chi connectivity index (χ0n) is 15.7. The highest BCUT2D eigenvalue weighted by Crippen LogP contribution is 2.27. The number of carbonyl (C=O) groups is 1. The summed E-state index contributed by atoms with van der Waals surface area (Å²) in [6.45, 7) is 5.26. The van der Waals surface area contributed by atoms with Gasteiger partial charge in [0.05, 0.1) is 29.8 Å². The second kappa shape index (κ2) is 7.66. The van der Waals surface area contributed by atoms with E-state index in [1.165, 1.54) is 0 Å². The van der Waals surface area contributed by atoms with Gasteiger partial charge in [-0.05, 0) is 25.8 Å². The summed E-state index contributed by atoms with van der Waals surface area (Å²) >= 11 is 0. The largest absolute Gasteiger partial charge is 0.368 e. The van der Waals surface area contributed by atoms with Gasteiger partial charge in [-0.3, -0.25) is 9.69 Å². The smallest absolute Gasteiger partial charge is 0.239 e. The minimum Gasteiger partial charge on any atom is -0.368 e. The van der Waals surface area contributed by atoms with Crippen molar-refractivity contribution in [2.24, 2.45) is 0 Å². The molecule has 0 N–H and O–H groups in total. The quantitative estimate of drug-likeness (QED) is 0.792. The first-order chi connectivity index (χ1) is 12.3. The normalized spacial score (nSPS) is 30.0. The molecule has 1 amide bonds. The third kappa shape index (κ3) is 4.27. The SMILES string of the molecule is CC1CN(C(C)C(=O)N(C)C2CCS(=O)(=O)C2)CC(c2ccccc2)O1. The van der Waals surface area contributed by atoms with Crippen LogP contribution < -0.4 is 0 Å². The van der Waals surface area contributed by atoms with E-state index >= 15 is 0 Å². The Kier molecular flexibility index (Phi) is 5.69. The number of benzene rings is 1. The number of hydrogen-bond acceptors (Lipinski definition) is 5. The molecular formula is C19H28N2O4S. The molecule has 0 bridgehead atoms. The Bertz CT molecular complexity index is 737. The van der Waals surface area contributed by atoms with Crippen LogP contribution in [-0.4, -0.2) is 74.0 Å². The van der Waals surface area contributed by atoms with E-state index in [0.29, 0.717) is 19.5 Å². The van der Waals surface area contributed by atoms with Crippen LogP contribution in [0.15, 0.2) is 30.3 Å². The number of hydrogen-bond donors (Lipinski definition) is 0. The molecule has 0 radical (unpaired) electrons. The van der Waals surface area contributed by atoms with Crippen LogP contribution in [0.1, 0.15) is 31.9 Å². The van der Waals surface area contributed by atoms with Crippen molar-refractivity contribution in [2.45, 2.75) is 44.6 Å². The standard InChI is InChI=1S/C19H28N2O4S/c1-14-11-21(12-18(25-14)16-7-5-4-6-8-16)15(2)19(22)20(3)17-9-10-26(23,24)13-17/h4-8,14-15,17-18H,9-13H2,1-3H3. The molecule has 2 fully saturated rings. The third-order valence-electron chi connectivity index (χ3n) is 5.47. The third-order valence-corrected chi connectivity index (χ3v) is 7.22. The Morgan fingerprint density at radius 2 is 1.96 bits per heavy atom. The van der Waals surface area contributed by atoms with Gasteiger partial charge in [0.1, 0.15) is 0 Å². The van der Waals surface area contributed by atoms with Gasteiger partial charge in [0.15, 0.2) is 9.84 Å². The van der Waals surface area contributed by atoms with Gasteiger partial charge in [0.25, 0.3) is 0 Å². The van der Waals surface area contributed by atoms with E-state index in [-0.39, 0.29) is 41.7 Å². The maximum Gasteiger partial charge on any atom is 0.239 e. The van der Waals surface area contributed by atoms with E-state index < -0.39 is 9.84 Å². The summed E-state index contributed by atoms with van der Waals surface area (Å²) in [6.07, 6.45) is 0.498. The summed E-state index contributed by atoms with van der Waals surface area (Å²) < 4.78 is 29.5. The number of carbonyl (C=O) groups excluding carboxylic acids is 1. The average molecular weight is 381 g/mol. The predicted molar refractivity (Wildman–Crippen MR) is 101 cm³/mol. The van der Waals surface area contributed by atoms with Crippen LogP contribution in [0, 0.1) is 0 Å². The van der Waals surface area contributed by atoms with Gasteiger partial charge >= 0.3 is 0 Å². The van der Waals surface area contributed by atoms with Gasteiger partial charge in [-0.2, -0.15) is 0 Å². The molecule has 2 saturated heterocycles. The highest BCUT2D eigenvalue weighted by molar-refractivity contribution is 7.91. The number of likely N-dealkylation sites (N-methyl/N-ethyl adjacent to an activating group) is 1. The number of morpholine rings is 1. The van der Waals surface area contributed by atoms with Crippen LogP contribution in [0.2, 0.25) is 0 Å². The molecule has 7 heteroatoms. The summed E-state index contributed by atoms with van der Waals surface area (Å²) in [7, 11) is -1.28. The molecule has 2 aliphatic heterocycles.